The molecule has 0 fully saturated rings. The second-order valence-corrected chi connectivity index (χ2v) is 8.08. The van der Waals surface area contributed by atoms with E-state index in [0.717, 1.165) is 44.8 Å². The summed E-state index contributed by atoms with van der Waals surface area (Å²) in [6.07, 6.45) is 0.579. The highest BCUT2D eigenvalue weighted by Gasteiger charge is 2.41. The fraction of sp³-hybridized carbons (Fsp3) is 0.208. The zero-order valence-corrected chi connectivity index (χ0v) is 17.7. The summed E-state index contributed by atoms with van der Waals surface area (Å²) in [5.74, 6) is 1.78. The molecule has 0 N–H and O–H groups in total. The minimum atomic E-state index is -0.273. The summed E-state index contributed by atoms with van der Waals surface area (Å²) in [5.41, 5.74) is 4.47. The van der Waals surface area contributed by atoms with Crippen LogP contribution in [0.25, 0.3) is 0 Å². The normalized spacial score (nSPS) is 19.8. The number of fused-ring (bicyclic) bond motifs is 3. The van der Waals surface area contributed by atoms with Crippen LogP contribution in [0.2, 0.25) is 0 Å². The SMILES string of the molecule is CCOc1ccc(C2Oc3ccc(Br)cc3C3CC(c4ccccc4)=NN32)cc1. The standard InChI is InChI=1S/C24H21BrN2O2/c1-2-28-19-11-8-17(9-12-19)24-27-22(20-14-18(25)10-13-23(20)29-24)15-21(26-27)16-6-4-3-5-7-16/h3-14,22,24H,2,15H2,1H3. The molecule has 5 rings (SSSR count). The van der Waals surface area contributed by atoms with Gasteiger partial charge < -0.3 is 9.47 Å². The topological polar surface area (TPSA) is 34.1 Å². The van der Waals surface area contributed by atoms with Crippen molar-refractivity contribution >= 4 is 21.6 Å². The highest BCUT2D eigenvalue weighted by Crippen LogP contribution is 2.48. The van der Waals surface area contributed by atoms with Crippen LogP contribution in [0.4, 0.5) is 0 Å². The predicted octanol–water partition coefficient (Wildman–Crippen LogP) is 6.09. The lowest BCUT2D eigenvalue weighted by Crippen LogP contribution is -2.33. The molecular weight excluding hydrogens is 428 g/mol. The molecule has 2 heterocycles. The first-order valence-electron chi connectivity index (χ1n) is 9.83. The highest BCUT2D eigenvalue weighted by atomic mass is 79.9. The van der Waals surface area contributed by atoms with E-state index >= 15 is 0 Å². The number of rotatable bonds is 4. The Morgan fingerprint density at radius 1 is 1.07 bits per heavy atom. The van der Waals surface area contributed by atoms with Crippen LogP contribution in [-0.2, 0) is 0 Å². The van der Waals surface area contributed by atoms with Crippen molar-refractivity contribution in [3.8, 4) is 11.5 Å². The maximum absolute atomic E-state index is 6.43. The molecule has 2 unspecified atom stereocenters. The Morgan fingerprint density at radius 3 is 2.62 bits per heavy atom. The molecule has 4 nitrogen and oxygen atoms in total. The molecule has 0 saturated carbocycles. The third-order valence-electron chi connectivity index (χ3n) is 5.34. The smallest absolute Gasteiger partial charge is 0.213 e. The molecule has 29 heavy (non-hydrogen) atoms. The average molecular weight is 449 g/mol. The molecule has 2 aliphatic rings. The monoisotopic (exact) mass is 448 g/mol. The molecule has 146 valence electrons. The minimum Gasteiger partial charge on any atom is -0.494 e. The Hall–Kier alpha value is -2.79. The zero-order valence-electron chi connectivity index (χ0n) is 16.1. The lowest BCUT2D eigenvalue weighted by atomic mass is 9.96. The van der Waals surface area contributed by atoms with Crippen molar-refractivity contribution in [1.29, 1.82) is 0 Å². The van der Waals surface area contributed by atoms with Crippen LogP contribution < -0.4 is 9.47 Å². The summed E-state index contributed by atoms with van der Waals surface area (Å²) in [7, 11) is 0. The lowest BCUT2D eigenvalue weighted by Gasteiger charge is -2.38. The van der Waals surface area contributed by atoms with Gasteiger partial charge in [0, 0.05) is 22.0 Å². The van der Waals surface area contributed by atoms with Gasteiger partial charge in [0.15, 0.2) is 0 Å². The first-order valence-corrected chi connectivity index (χ1v) is 10.6. The van der Waals surface area contributed by atoms with Gasteiger partial charge in [0.25, 0.3) is 0 Å². The van der Waals surface area contributed by atoms with E-state index in [1.807, 2.05) is 37.3 Å². The highest BCUT2D eigenvalue weighted by molar-refractivity contribution is 9.10. The molecular formula is C24H21BrN2O2. The number of hydrogen-bond acceptors (Lipinski definition) is 4. The van der Waals surface area contributed by atoms with Gasteiger partial charge in [0.2, 0.25) is 6.23 Å². The Bertz CT molecular complexity index is 1050. The van der Waals surface area contributed by atoms with Crippen molar-refractivity contribution in [2.75, 3.05) is 6.61 Å². The second-order valence-electron chi connectivity index (χ2n) is 7.17. The Morgan fingerprint density at radius 2 is 1.86 bits per heavy atom. The Kier molecular flexibility index (Phi) is 4.76. The van der Waals surface area contributed by atoms with E-state index in [4.69, 9.17) is 14.6 Å². The molecule has 0 bridgehead atoms. The van der Waals surface area contributed by atoms with Gasteiger partial charge in [-0.25, -0.2) is 5.01 Å². The summed E-state index contributed by atoms with van der Waals surface area (Å²) >= 11 is 3.60. The van der Waals surface area contributed by atoms with Gasteiger partial charge in [0.1, 0.15) is 11.5 Å². The number of ether oxygens (including phenoxy) is 2. The van der Waals surface area contributed by atoms with E-state index in [2.05, 4.69) is 63.4 Å². The maximum Gasteiger partial charge on any atom is 0.213 e. The van der Waals surface area contributed by atoms with Crippen LogP contribution in [-0.4, -0.2) is 17.3 Å². The number of nitrogens with zero attached hydrogens (tertiary/aromatic N) is 2. The summed E-state index contributed by atoms with van der Waals surface area (Å²) in [6, 6.07) is 24.8. The van der Waals surface area contributed by atoms with E-state index in [1.54, 1.807) is 0 Å². The maximum atomic E-state index is 6.43. The summed E-state index contributed by atoms with van der Waals surface area (Å²) in [4.78, 5) is 0. The van der Waals surface area contributed by atoms with Gasteiger partial charge >= 0.3 is 0 Å². The zero-order chi connectivity index (χ0) is 19.8. The molecule has 2 atom stereocenters. The van der Waals surface area contributed by atoms with Gasteiger partial charge in [-0.1, -0.05) is 46.3 Å². The molecule has 0 aromatic heterocycles. The van der Waals surface area contributed by atoms with E-state index in [0.29, 0.717) is 6.61 Å². The van der Waals surface area contributed by atoms with Gasteiger partial charge in [-0.3, -0.25) is 0 Å². The molecule has 2 aliphatic heterocycles. The number of hydrogen-bond donors (Lipinski definition) is 0. The largest absolute Gasteiger partial charge is 0.494 e. The van der Waals surface area contributed by atoms with Crippen molar-refractivity contribution in [3.05, 3.63) is 94.0 Å². The second kappa shape index (κ2) is 7.56. The van der Waals surface area contributed by atoms with Crippen LogP contribution in [0, 0.1) is 0 Å². The van der Waals surface area contributed by atoms with Gasteiger partial charge in [-0.05, 0) is 55.0 Å². The minimum absolute atomic E-state index is 0.142. The van der Waals surface area contributed by atoms with Crippen LogP contribution in [0.3, 0.4) is 0 Å². The molecule has 0 spiro atoms. The number of benzene rings is 3. The molecule has 0 radical (unpaired) electrons. The van der Waals surface area contributed by atoms with Crippen molar-refractivity contribution in [2.45, 2.75) is 25.6 Å². The van der Waals surface area contributed by atoms with E-state index in [-0.39, 0.29) is 12.3 Å². The Balaban J connectivity index is 1.56. The van der Waals surface area contributed by atoms with E-state index in [9.17, 15) is 0 Å². The van der Waals surface area contributed by atoms with Crippen molar-refractivity contribution in [1.82, 2.24) is 5.01 Å². The van der Waals surface area contributed by atoms with Gasteiger partial charge in [-0.2, -0.15) is 5.10 Å². The molecule has 0 saturated heterocycles. The fourth-order valence-electron chi connectivity index (χ4n) is 3.98. The predicted molar refractivity (Wildman–Crippen MR) is 117 cm³/mol. The van der Waals surface area contributed by atoms with E-state index < -0.39 is 0 Å². The summed E-state index contributed by atoms with van der Waals surface area (Å²) in [5, 5.41) is 7.11. The Labute approximate surface area is 178 Å². The number of hydrazone groups is 1. The van der Waals surface area contributed by atoms with Gasteiger partial charge in [0.05, 0.1) is 18.4 Å². The van der Waals surface area contributed by atoms with Crippen LogP contribution in [0.1, 0.15) is 42.3 Å². The van der Waals surface area contributed by atoms with Crippen LogP contribution in [0.15, 0.2) is 82.4 Å². The van der Waals surface area contributed by atoms with Crippen molar-refractivity contribution in [3.63, 3.8) is 0 Å². The molecule has 5 heteroatoms. The van der Waals surface area contributed by atoms with Crippen LogP contribution in [0.5, 0.6) is 11.5 Å². The van der Waals surface area contributed by atoms with Crippen LogP contribution >= 0.6 is 15.9 Å². The first-order chi connectivity index (χ1) is 14.2. The molecule has 3 aromatic carbocycles. The third-order valence-corrected chi connectivity index (χ3v) is 5.83. The third kappa shape index (κ3) is 3.40. The van der Waals surface area contributed by atoms with E-state index in [1.165, 1.54) is 0 Å². The number of halogens is 1. The fourth-order valence-corrected chi connectivity index (χ4v) is 4.36. The lowest BCUT2D eigenvalue weighted by molar-refractivity contribution is -0.0191. The van der Waals surface area contributed by atoms with Gasteiger partial charge in [-0.15, -0.1) is 0 Å². The first kappa shape index (κ1) is 18.3. The molecule has 0 aliphatic carbocycles. The molecule has 0 amide bonds. The summed E-state index contributed by atoms with van der Waals surface area (Å²) < 4.78 is 13.1. The van der Waals surface area contributed by atoms with Crippen molar-refractivity contribution in [2.24, 2.45) is 5.10 Å². The van der Waals surface area contributed by atoms with Crippen molar-refractivity contribution < 1.29 is 9.47 Å². The summed E-state index contributed by atoms with van der Waals surface area (Å²) in [6.45, 7) is 2.64. The quantitative estimate of drug-likeness (QED) is 0.484. The molecule has 3 aromatic rings. The average Bonchev–Trinajstić information content (AvgIpc) is 3.21.